The summed E-state index contributed by atoms with van der Waals surface area (Å²) in [5.41, 5.74) is 18.4. The van der Waals surface area contributed by atoms with E-state index in [0.29, 0.717) is 28.2 Å². The molecule has 5 aliphatic carbocycles. The monoisotopic (exact) mass is 438 g/mol. The molecule has 32 heavy (non-hydrogen) atoms. The van der Waals surface area contributed by atoms with Crippen LogP contribution >= 0.6 is 0 Å². The van der Waals surface area contributed by atoms with Crippen molar-refractivity contribution in [3.63, 3.8) is 0 Å². The second kappa shape index (κ2) is 6.75. The summed E-state index contributed by atoms with van der Waals surface area (Å²) in [5, 5.41) is 0. The Balaban J connectivity index is 1.64. The van der Waals surface area contributed by atoms with Crippen LogP contribution in [0.5, 0.6) is 0 Å². The van der Waals surface area contributed by atoms with Gasteiger partial charge in [-0.2, -0.15) is 0 Å². The van der Waals surface area contributed by atoms with E-state index in [1.165, 1.54) is 57.8 Å². The van der Waals surface area contributed by atoms with E-state index < -0.39 is 0 Å². The molecule has 0 heterocycles. The van der Waals surface area contributed by atoms with Crippen molar-refractivity contribution in [3.05, 3.63) is 23.3 Å². The number of hydrogen-bond donors (Lipinski definition) is 2. The molecule has 0 saturated heterocycles. The van der Waals surface area contributed by atoms with E-state index in [1.54, 1.807) is 11.1 Å². The largest absolute Gasteiger partial charge is 0.330 e. The van der Waals surface area contributed by atoms with Crippen molar-refractivity contribution < 1.29 is 0 Å². The summed E-state index contributed by atoms with van der Waals surface area (Å²) >= 11 is 0. The zero-order chi connectivity index (χ0) is 23.4. The number of hydrogen-bond acceptors (Lipinski definition) is 2. The maximum absolute atomic E-state index is 6.70. The number of rotatable bonds is 1. The molecule has 5 aliphatic rings. The molecule has 180 valence electrons. The van der Waals surface area contributed by atoms with E-state index in [-0.39, 0.29) is 16.2 Å². The fourth-order valence-corrected chi connectivity index (χ4v) is 9.97. The Morgan fingerprint density at radius 3 is 2.25 bits per heavy atom. The summed E-state index contributed by atoms with van der Waals surface area (Å²) in [4.78, 5) is 0. The Morgan fingerprint density at radius 2 is 1.56 bits per heavy atom. The standard InChI is InChI=1S/C30H50N2/c1-25(2)22-10-13-30(7)23(28(22,5)12-11-24(25)32)9-8-20-21-18-26(3,19-31)14-15-27(21,4)16-17-29(20,30)6/h8-9,22-24H,10-19,31-32H2,1-7H3/t22-,23+,24-,26-,27+,28-,29+,30+/m0/s1. The van der Waals surface area contributed by atoms with Crippen LogP contribution in [0, 0.1) is 44.3 Å². The molecule has 0 bridgehead atoms. The topological polar surface area (TPSA) is 52.0 Å². The first-order chi connectivity index (χ1) is 14.8. The Bertz CT molecular complexity index is 868. The lowest BCUT2D eigenvalue weighted by Crippen LogP contribution is -2.64. The van der Waals surface area contributed by atoms with Gasteiger partial charge in [-0.1, -0.05) is 66.2 Å². The van der Waals surface area contributed by atoms with E-state index in [1.807, 2.05) is 0 Å². The quantitative estimate of drug-likeness (QED) is 0.463. The van der Waals surface area contributed by atoms with Crippen LogP contribution in [-0.2, 0) is 0 Å². The lowest BCUT2D eigenvalue weighted by atomic mass is 9.35. The summed E-state index contributed by atoms with van der Waals surface area (Å²) < 4.78 is 0. The molecular weight excluding hydrogens is 388 g/mol. The SMILES string of the molecule is CC1(C)[C@@H](N)CC[C@]2(C)[C@H]3C=CC4=C5C[C@@](C)(CN)CC[C@]5(C)CC[C@@]4(C)[C@]3(C)CC[C@@H]12. The van der Waals surface area contributed by atoms with Gasteiger partial charge in [0.25, 0.3) is 0 Å². The summed E-state index contributed by atoms with van der Waals surface area (Å²) in [6.07, 6.45) is 17.0. The van der Waals surface area contributed by atoms with Crippen molar-refractivity contribution in [2.24, 2.45) is 55.8 Å². The minimum absolute atomic E-state index is 0.235. The molecule has 0 spiro atoms. The van der Waals surface area contributed by atoms with Gasteiger partial charge in [0.1, 0.15) is 0 Å². The average Bonchev–Trinajstić information content (AvgIpc) is 2.73. The van der Waals surface area contributed by atoms with Crippen LogP contribution in [0.1, 0.15) is 106 Å². The van der Waals surface area contributed by atoms with E-state index in [9.17, 15) is 0 Å². The van der Waals surface area contributed by atoms with Gasteiger partial charge >= 0.3 is 0 Å². The highest BCUT2D eigenvalue weighted by Crippen LogP contribution is 2.74. The minimum atomic E-state index is 0.235. The van der Waals surface area contributed by atoms with Crippen molar-refractivity contribution in [1.82, 2.24) is 0 Å². The van der Waals surface area contributed by atoms with Crippen LogP contribution < -0.4 is 11.5 Å². The third kappa shape index (κ3) is 2.72. The Morgan fingerprint density at radius 1 is 0.875 bits per heavy atom. The van der Waals surface area contributed by atoms with Crippen molar-refractivity contribution in [2.75, 3.05) is 6.54 Å². The van der Waals surface area contributed by atoms with Gasteiger partial charge in [-0.05, 0) is 114 Å². The molecule has 4 N–H and O–H groups in total. The molecule has 3 saturated carbocycles. The fraction of sp³-hybridized carbons (Fsp3) is 0.867. The average molecular weight is 439 g/mol. The van der Waals surface area contributed by atoms with E-state index >= 15 is 0 Å². The highest BCUT2D eigenvalue weighted by atomic mass is 14.8. The predicted octanol–water partition coefficient (Wildman–Crippen LogP) is 6.99. The van der Waals surface area contributed by atoms with E-state index in [2.05, 4.69) is 60.6 Å². The highest BCUT2D eigenvalue weighted by molar-refractivity contribution is 5.45. The van der Waals surface area contributed by atoms with Crippen molar-refractivity contribution in [1.29, 1.82) is 0 Å². The molecule has 0 aromatic rings. The van der Waals surface area contributed by atoms with Gasteiger partial charge < -0.3 is 11.5 Å². The molecule has 0 aromatic heterocycles. The van der Waals surface area contributed by atoms with Crippen molar-refractivity contribution in [2.45, 2.75) is 112 Å². The molecule has 0 aromatic carbocycles. The number of nitrogens with two attached hydrogens (primary N) is 2. The zero-order valence-corrected chi connectivity index (χ0v) is 22.1. The first-order valence-electron chi connectivity index (χ1n) is 13.6. The predicted molar refractivity (Wildman–Crippen MR) is 136 cm³/mol. The molecule has 0 aliphatic heterocycles. The summed E-state index contributed by atoms with van der Waals surface area (Å²) in [6.45, 7) is 18.7. The summed E-state index contributed by atoms with van der Waals surface area (Å²) in [6, 6.07) is 0.345. The minimum Gasteiger partial charge on any atom is -0.330 e. The van der Waals surface area contributed by atoms with E-state index in [4.69, 9.17) is 11.5 Å². The Kier molecular flexibility index (Phi) is 4.88. The third-order valence-corrected chi connectivity index (χ3v) is 12.9. The fourth-order valence-electron chi connectivity index (χ4n) is 9.97. The lowest BCUT2D eigenvalue weighted by Gasteiger charge is -2.69. The van der Waals surface area contributed by atoms with Gasteiger partial charge in [0.05, 0.1) is 0 Å². The second-order valence-corrected chi connectivity index (χ2v) is 14.8. The first kappa shape index (κ1) is 23.2. The zero-order valence-electron chi connectivity index (χ0n) is 22.1. The molecule has 0 unspecified atom stereocenters. The lowest BCUT2D eigenvalue weighted by molar-refractivity contribution is -0.155. The number of allylic oxidation sites excluding steroid dienone is 4. The van der Waals surface area contributed by atoms with Crippen LogP contribution in [0.2, 0.25) is 0 Å². The molecule has 0 radical (unpaired) electrons. The van der Waals surface area contributed by atoms with Crippen molar-refractivity contribution in [3.8, 4) is 0 Å². The Labute approximate surface area is 198 Å². The van der Waals surface area contributed by atoms with Crippen LogP contribution in [0.15, 0.2) is 23.3 Å². The van der Waals surface area contributed by atoms with Gasteiger partial charge in [-0.25, -0.2) is 0 Å². The molecule has 8 atom stereocenters. The maximum Gasteiger partial charge on any atom is 0.00933 e. The van der Waals surface area contributed by atoms with Crippen LogP contribution in [-0.4, -0.2) is 12.6 Å². The molecule has 5 rings (SSSR count). The molecule has 3 fully saturated rings. The first-order valence-corrected chi connectivity index (χ1v) is 13.6. The molecule has 2 nitrogen and oxygen atoms in total. The van der Waals surface area contributed by atoms with Gasteiger partial charge in [0.2, 0.25) is 0 Å². The van der Waals surface area contributed by atoms with Crippen LogP contribution in [0.25, 0.3) is 0 Å². The van der Waals surface area contributed by atoms with E-state index in [0.717, 1.165) is 12.5 Å². The normalized spacial score (nSPS) is 54.3. The van der Waals surface area contributed by atoms with Gasteiger partial charge in [-0.15, -0.1) is 0 Å². The molecule has 2 heteroatoms. The van der Waals surface area contributed by atoms with Crippen LogP contribution in [0.3, 0.4) is 0 Å². The van der Waals surface area contributed by atoms with Gasteiger partial charge in [-0.3, -0.25) is 0 Å². The van der Waals surface area contributed by atoms with Gasteiger partial charge in [0.15, 0.2) is 0 Å². The van der Waals surface area contributed by atoms with Crippen LogP contribution in [0.4, 0.5) is 0 Å². The number of fused-ring (bicyclic) bond motifs is 6. The highest BCUT2D eigenvalue weighted by Gasteiger charge is 2.66. The molecular formula is C30H50N2. The van der Waals surface area contributed by atoms with Gasteiger partial charge in [0, 0.05) is 6.04 Å². The molecule has 0 amide bonds. The second-order valence-electron chi connectivity index (χ2n) is 14.8. The third-order valence-electron chi connectivity index (χ3n) is 12.9. The smallest absolute Gasteiger partial charge is 0.00933 e. The summed E-state index contributed by atoms with van der Waals surface area (Å²) in [5.74, 6) is 1.38. The maximum atomic E-state index is 6.70. The Hall–Kier alpha value is -0.600. The summed E-state index contributed by atoms with van der Waals surface area (Å²) in [7, 11) is 0. The van der Waals surface area contributed by atoms with Crippen molar-refractivity contribution >= 4 is 0 Å².